The number of benzene rings is 1. The average Bonchev–Trinajstić information content (AvgIpc) is 2.90. The van der Waals surface area contributed by atoms with Gasteiger partial charge < -0.3 is 9.73 Å². The zero-order chi connectivity index (χ0) is 11.8. The molecule has 1 aromatic heterocycles. The summed E-state index contributed by atoms with van der Waals surface area (Å²) in [6, 6.07) is 9.30. The van der Waals surface area contributed by atoms with Gasteiger partial charge in [0.05, 0.1) is 11.8 Å². The molecule has 0 fully saturated rings. The van der Waals surface area contributed by atoms with Crippen molar-refractivity contribution in [2.24, 2.45) is 0 Å². The van der Waals surface area contributed by atoms with E-state index >= 15 is 0 Å². The Hall–Kier alpha value is -1.81. The summed E-state index contributed by atoms with van der Waals surface area (Å²) in [5.41, 5.74) is 2.34. The molecule has 2 aromatic rings. The van der Waals surface area contributed by atoms with Crippen molar-refractivity contribution in [2.45, 2.75) is 0 Å². The van der Waals surface area contributed by atoms with E-state index in [2.05, 4.69) is 21.2 Å². The summed E-state index contributed by atoms with van der Waals surface area (Å²) in [4.78, 5) is 11.8. The minimum absolute atomic E-state index is 0.102. The highest BCUT2D eigenvalue weighted by atomic mass is 79.9. The average molecular weight is 290 g/mol. The van der Waals surface area contributed by atoms with Crippen LogP contribution in [0.3, 0.4) is 0 Å². The van der Waals surface area contributed by atoms with E-state index in [0.29, 0.717) is 11.3 Å². The minimum Gasteiger partial charge on any atom is -0.465 e. The van der Waals surface area contributed by atoms with E-state index < -0.39 is 0 Å². The Labute approximate surface area is 106 Å². The normalized spacial score (nSPS) is 16.1. The molecule has 0 aliphatic carbocycles. The lowest BCUT2D eigenvalue weighted by atomic mass is 10.1. The second-order valence-corrected chi connectivity index (χ2v) is 4.63. The zero-order valence-corrected chi connectivity index (χ0v) is 10.3. The summed E-state index contributed by atoms with van der Waals surface area (Å²) in [7, 11) is 0. The number of fused-ring (bicyclic) bond motifs is 1. The Morgan fingerprint density at radius 1 is 1.29 bits per heavy atom. The topological polar surface area (TPSA) is 42.2 Å². The third-order valence-electron chi connectivity index (χ3n) is 2.59. The molecular weight excluding hydrogens is 282 g/mol. The van der Waals surface area contributed by atoms with Crippen LogP contribution >= 0.6 is 15.9 Å². The summed E-state index contributed by atoms with van der Waals surface area (Å²) in [6.07, 6.45) is 3.33. The number of amides is 1. The van der Waals surface area contributed by atoms with Crippen LogP contribution in [0.4, 0.5) is 5.69 Å². The molecule has 0 bridgehead atoms. The molecule has 0 radical (unpaired) electrons. The number of carbonyl (C=O) groups excluding carboxylic acids is 1. The van der Waals surface area contributed by atoms with Crippen molar-refractivity contribution in [2.75, 3.05) is 5.32 Å². The fourth-order valence-corrected chi connectivity index (χ4v) is 2.18. The van der Waals surface area contributed by atoms with Crippen molar-refractivity contribution in [1.82, 2.24) is 0 Å². The molecule has 0 spiro atoms. The van der Waals surface area contributed by atoms with E-state index in [0.717, 1.165) is 15.7 Å². The molecule has 17 heavy (non-hydrogen) atoms. The van der Waals surface area contributed by atoms with Crippen LogP contribution < -0.4 is 5.32 Å². The van der Waals surface area contributed by atoms with Gasteiger partial charge in [-0.1, -0.05) is 15.9 Å². The van der Waals surface area contributed by atoms with Crippen LogP contribution in [0, 0.1) is 0 Å². The molecule has 3 rings (SSSR count). The Morgan fingerprint density at radius 2 is 2.18 bits per heavy atom. The quantitative estimate of drug-likeness (QED) is 0.816. The van der Waals surface area contributed by atoms with Crippen LogP contribution in [-0.4, -0.2) is 5.91 Å². The summed E-state index contributed by atoms with van der Waals surface area (Å²) in [6.45, 7) is 0. The molecule has 1 aromatic carbocycles. The monoisotopic (exact) mass is 289 g/mol. The molecule has 1 N–H and O–H groups in total. The first-order chi connectivity index (χ1) is 8.24. The Kier molecular flexibility index (Phi) is 2.37. The molecule has 2 heterocycles. The second kappa shape index (κ2) is 3.89. The van der Waals surface area contributed by atoms with Gasteiger partial charge in [0.2, 0.25) is 0 Å². The summed E-state index contributed by atoms with van der Waals surface area (Å²) in [5.74, 6) is 0.567. The van der Waals surface area contributed by atoms with Crippen molar-refractivity contribution in [3.05, 3.63) is 52.4 Å². The van der Waals surface area contributed by atoms with Crippen LogP contribution in [0.15, 0.2) is 45.5 Å². The number of halogens is 1. The SMILES string of the molecule is O=C1Nc2ccc(Br)cc2/C1=C\c1ccco1. The van der Waals surface area contributed by atoms with Gasteiger partial charge in [-0.05, 0) is 36.4 Å². The van der Waals surface area contributed by atoms with Crippen LogP contribution in [0.1, 0.15) is 11.3 Å². The Balaban J connectivity index is 2.13. The fourth-order valence-electron chi connectivity index (χ4n) is 1.82. The molecule has 0 atom stereocenters. The largest absolute Gasteiger partial charge is 0.465 e. The van der Waals surface area contributed by atoms with E-state index in [9.17, 15) is 4.79 Å². The van der Waals surface area contributed by atoms with Crippen LogP contribution in [0.5, 0.6) is 0 Å². The first kappa shape index (κ1) is 10.4. The van der Waals surface area contributed by atoms with Gasteiger partial charge in [-0.3, -0.25) is 4.79 Å². The maximum atomic E-state index is 11.8. The third kappa shape index (κ3) is 1.80. The van der Waals surface area contributed by atoms with Crippen molar-refractivity contribution >= 4 is 39.2 Å². The van der Waals surface area contributed by atoms with Gasteiger partial charge in [0.25, 0.3) is 5.91 Å². The second-order valence-electron chi connectivity index (χ2n) is 3.72. The van der Waals surface area contributed by atoms with Crippen LogP contribution in [-0.2, 0) is 4.79 Å². The highest BCUT2D eigenvalue weighted by Crippen LogP contribution is 2.34. The third-order valence-corrected chi connectivity index (χ3v) is 3.09. The Morgan fingerprint density at radius 3 is 2.94 bits per heavy atom. The van der Waals surface area contributed by atoms with E-state index in [1.807, 2.05) is 24.3 Å². The van der Waals surface area contributed by atoms with Gasteiger partial charge in [0.15, 0.2) is 0 Å². The molecular formula is C13H8BrNO2. The van der Waals surface area contributed by atoms with Gasteiger partial charge >= 0.3 is 0 Å². The smallest absolute Gasteiger partial charge is 0.256 e. The van der Waals surface area contributed by atoms with Gasteiger partial charge in [-0.15, -0.1) is 0 Å². The minimum atomic E-state index is -0.102. The van der Waals surface area contributed by atoms with Gasteiger partial charge in [-0.2, -0.15) is 0 Å². The summed E-state index contributed by atoms with van der Waals surface area (Å²) in [5, 5.41) is 2.82. The molecule has 84 valence electrons. The highest BCUT2D eigenvalue weighted by molar-refractivity contribution is 9.10. The van der Waals surface area contributed by atoms with E-state index in [-0.39, 0.29) is 5.91 Å². The zero-order valence-electron chi connectivity index (χ0n) is 8.74. The summed E-state index contributed by atoms with van der Waals surface area (Å²) < 4.78 is 6.16. The molecule has 3 nitrogen and oxygen atoms in total. The van der Waals surface area contributed by atoms with E-state index in [4.69, 9.17) is 4.42 Å². The predicted octanol–water partition coefficient (Wildman–Crippen LogP) is 3.53. The van der Waals surface area contributed by atoms with Crippen molar-refractivity contribution in [3.8, 4) is 0 Å². The van der Waals surface area contributed by atoms with Crippen LogP contribution in [0.2, 0.25) is 0 Å². The number of hydrogen-bond donors (Lipinski definition) is 1. The molecule has 0 unspecified atom stereocenters. The van der Waals surface area contributed by atoms with Crippen LogP contribution in [0.25, 0.3) is 11.6 Å². The maximum Gasteiger partial charge on any atom is 0.256 e. The lowest BCUT2D eigenvalue weighted by Crippen LogP contribution is -2.03. The molecule has 1 amide bonds. The van der Waals surface area contributed by atoms with Crippen molar-refractivity contribution < 1.29 is 9.21 Å². The summed E-state index contributed by atoms with van der Waals surface area (Å²) >= 11 is 3.40. The number of nitrogens with one attached hydrogen (secondary N) is 1. The van der Waals surface area contributed by atoms with Gasteiger partial charge in [-0.25, -0.2) is 0 Å². The number of carbonyl (C=O) groups is 1. The van der Waals surface area contributed by atoms with Gasteiger partial charge in [0.1, 0.15) is 5.76 Å². The van der Waals surface area contributed by atoms with E-state index in [1.54, 1.807) is 18.4 Å². The molecule has 4 heteroatoms. The molecule has 1 aliphatic rings. The standard InChI is InChI=1S/C13H8BrNO2/c14-8-3-4-12-10(6-8)11(13(16)15-12)7-9-2-1-5-17-9/h1-7H,(H,15,16)/b11-7+. The Bertz CT molecular complexity index is 614. The first-order valence-electron chi connectivity index (χ1n) is 5.10. The van der Waals surface area contributed by atoms with Gasteiger partial charge in [0, 0.05) is 15.7 Å². The fraction of sp³-hybridized carbons (Fsp3) is 0. The number of anilines is 1. The number of rotatable bonds is 1. The van der Waals surface area contributed by atoms with Crippen molar-refractivity contribution in [1.29, 1.82) is 0 Å². The van der Waals surface area contributed by atoms with E-state index in [1.165, 1.54) is 0 Å². The predicted molar refractivity (Wildman–Crippen MR) is 69.4 cm³/mol. The number of hydrogen-bond acceptors (Lipinski definition) is 2. The number of furan rings is 1. The lowest BCUT2D eigenvalue weighted by Gasteiger charge is -1.98. The van der Waals surface area contributed by atoms with Crippen molar-refractivity contribution in [3.63, 3.8) is 0 Å². The first-order valence-corrected chi connectivity index (χ1v) is 5.90. The molecule has 0 saturated carbocycles. The lowest BCUT2D eigenvalue weighted by molar-refractivity contribution is -0.110. The molecule has 1 aliphatic heterocycles. The maximum absolute atomic E-state index is 11.8. The molecule has 0 saturated heterocycles. The highest BCUT2D eigenvalue weighted by Gasteiger charge is 2.24.